The lowest BCUT2D eigenvalue weighted by molar-refractivity contribution is -0.121. The molecule has 13 heteroatoms. The first-order valence-electron chi connectivity index (χ1n) is 10.0. The quantitative estimate of drug-likeness (QED) is 0.331. The SMILES string of the molecule is CN1C=NC(N)(C(=O)Nc2cc(C(=O)Nc3cc(C(=O)NCCC(N)=O)n(C)c3)n(C)c2)C1. The molecule has 0 aliphatic carbocycles. The van der Waals surface area contributed by atoms with Crippen molar-refractivity contribution in [2.75, 3.05) is 30.8 Å². The van der Waals surface area contributed by atoms with Crippen molar-refractivity contribution in [3.05, 3.63) is 35.9 Å². The fraction of sp³-hybridized carbons (Fsp3) is 0.350. The number of hydrogen-bond donors (Lipinski definition) is 5. The predicted molar refractivity (Wildman–Crippen MR) is 122 cm³/mol. The highest BCUT2D eigenvalue weighted by atomic mass is 16.2. The van der Waals surface area contributed by atoms with E-state index in [0.717, 1.165) is 0 Å². The minimum Gasteiger partial charge on any atom is -0.370 e. The summed E-state index contributed by atoms with van der Waals surface area (Å²) in [5.74, 6) is -1.85. The van der Waals surface area contributed by atoms with Crippen molar-refractivity contribution in [2.24, 2.45) is 30.6 Å². The topological polar surface area (TPSA) is 182 Å². The number of carbonyl (C=O) groups excluding carboxylic acids is 4. The van der Waals surface area contributed by atoms with Gasteiger partial charge in [-0.3, -0.25) is 24.9 Å². The van der Waals surface area contributed by atoms with Crippen LogP contribution >= 0.6 is 0 Å². The summed E-state index contributed by atoms with van der Waals surface area (Å²) in [5.41, 5.74) is 11.1. The summed E-state index contributed by atoms with van der Waals surface area (Å²) in [6, 6.07) is 3.02. The number of aromatic nitrogens is 2. The monoisotopic (exact) mass is 457 g/mol. The van der Waals surface area contributed by atoms with Crippen molar-refractivity contribution in [3.8, 4) is 0 Å². The molecule has 0 bridgehead atoms. The van der Waals surface area contributed by atoms with Crippen LogP contribution in [0.15, 0.2) is 29.5 Å². The van der Waals surface area contributed by atoms with Crippen LogP contribution in [0.2, 0.25) is 0 Å². The molecular formula is C20H27N9O4. The van der Waals surface area contributed by atoms with Crippen LogP contribution in [-0.2, 0) is 23.7 Å². The van der Waals surface area contributed by atoms with Crippen LogP contribution in [0.25, 0.3) is 0 Å². The molecule has 0 radical (unpaired) electrons. The van der Waals surface area contributed by atoms with Gasteiger partial charge in [0.2, 0.25) is 11.6 Å². The maximum absolute atomic E-state index is 12.8. The van der Waals surface area contributed by atoms with Crippen LogP contribution in [0.4, 0.5) is 11.4 Å². The molecule has 0 spiro atoms. The first kappa shape index (κ1) is 23.5. The minimum atomic E-state index is -1.40. The summed E-state index contributed by atoms with van der Waals surface area (Å²) in [6.07, 6.45) is 4.69. The Bertz CT molecular complexity index is 1130. The van der Waals surface area contributed by atoms with Crippen molar-refractivity contribution >= 4 is 41.3 Å². The average Bonchev–Trinajstić information content (AvgIpc) is 3.38. The standard InChI is InChI=1S/C20H27N9O4/c1-27-10-20(22,24-11-27)19(33)26-13-7-15(29(3)9-13)18(32)25-12-6-14(28(2)8-12)17(31)23-5-4-16(21)30/h6-9,11H,4-5,10,22H2,1-3H3,(H2,21,30)(H,23,31)(H,25,32)(H,26,33). The molecule has 1 atom stereocenters. The Hall–Kier alpha value is -4.13. The second-order valence-corrected chi connectivity index (χ2v) is 7.91. The molecule has 0 saturated heterocycles. The third-order valence-electron chi connectivity index (χ3n) is 5.02. The second kappa shape index (κ2) is 9.16. The number of nitrogens with two attached hydrogens (primary N) is 2. The molecule has 0 fully saturated rings. The highest BCUT2D eigenvalue weighted by molar-refractivity contribution is 6.06. The van der Waals surface area contributed by atoms with Gasteiger partial charge in [-0.2, -0.15) is 0 Å². The first-order valence-corrected chi connectivity index (χ1v) is 10.0. The molecule has 7 N–H and O–H groups in total. The largest absolute Gasteiger partial charge is 0.370 e. The maximum atomic E-state index is 12.8. The highest BCUT2D eigenvalue weighted by Crippen LogP contribution is 2.19. The number of nitrogens with one attached hydrogen (secondary N) is 3. The van der Waals surface area contributed by atoms with Crippen molar-refractivity contribution in [2.45, 2.75) is 12.1 Å². The molecule has 13 nitrogen and oxygen atoms in total. The number of nitrogens with zero attached hydrogens (tertiary/aromatic N) is 4. The Labute approximate surface area is 189 Å². The van der Waals surface area contributed by atoms with Crippen LogP contribution in [0.1, 0.15) is 27.4 Å². The van der Waals surface area contributed by atoms with Gasteiger partial charge >= 0.3 is 0 Å². The number of aryl methyl sites for hydroxylation is 2. The molecule has 33 heavy (non-hydrogen) atoms. The van der Waals surface area contributed by atoms with Crippen LogP contribution in [0, 0.1) is 0 Å². The number of carbonyl (C=O) groups is 4. The number of likely N-dealkylation sites (N-methyl/N-ethyl adjacent to an activating group) is 1. The van der Waals surface area contributed by atoms with Crippen molar-refractivity contribution in [3.63, 3.8) is 0 Å². The molecule has 176 valence electrons. The summed E-state index contributed by atoms with van der Waals surface area (Å²) in [4.78, 5) is 54.1. The zero-order chi connectivity index (χ0) is 24.3. The lowest BCUT2D eigenvalue weighted by atomic mass is 10.2. The van der Waals surface area contributed by atoms with Gasteiger partial charge in [0.25, 0.3) is 17.7 Å². The summed E-state index contributed by atoms with van der Waals surface area (Å²) in [5, 5.41) is 8.00. The fourth-order valence-electron chi connectivity index (χ4n) is 3.34. The lowest BCUT2D eigenvalue weighted by Gasteiger charge is -2.20. The summed E-state index contributed by atoms with van der Waals surface area (Å²) in [6.45, 7) is 0.357. The summed E-state index contributed by atoms with van der Waals surface area (Å²) in [7, 11) is 5.07. The van der Waals surface area contributed by atoms with Crippen LogP contribution in [0.5, 0.6) is 0 Å². The van der Waals surface area contributed by atoms with Gasteiger partial charge in [0.1, 0.15) is 11.4 Å². The zero-order valence-corrected chi connectivity index (χ0v) is 18.6. The van der Waals surface area contributed by atoms with Crippen molar-refractivity contribution in [1.29, 1.82) is 0 Å². The van der Waals surface area contributed by atoms with E-state index in [-0.39, 0.29) is 25.2 Å². The number of rotatable bonds is 8. The third kappa shape index (κ3) is 5.38. The van der Waals surface area contributed by atoms with E-state index in [0.29, 0.717) is 17.1 Å². The number of primary amides is 1. The number of hydrogen-bond acceptors (Lipinski definition) is 7. The fourth-order valence-corrected chi connectivity index (χ4v) is 3.34. The van der Waals surface area contributed by atoms with Crippen LogP contribution in [-0.4, -0.2) is 69.8 Å². The Morgan fingerprint density at radius 1 is 1.00 bits per heavy atom. The van der Waals surface area contributed by atoms with Crippen molar-refractivity contribution in [1.82, 2.24) is 19.4 Å². The Morgan fingerprint density at radius 3 is 2.12 bits per heavy atom. The van der Waals surface area contributed by atoms with Crippen LogP contribution < -0.4 is 27.4 Å². The molecular weight excluding hydrogens is 430 g/mol. The molecule has 0 aromatic carbocycles. The number of amides is 4. The van der Waals surface area contributed by atoms with E-state index in [2.05, 4.69) is 20.9 Å². The second-order valence-electron chi connectivity index (χ2n) is 7.91. The smallest absolute Gasteiger partial charge is 0.272 e. The molecule has 2 aromatic rings. The molecule has 1 aliphatic heterocycles. The van der Waals surface area contributed by atoms with Gasteiger partial charge in [0.15, 0.2) is 0 Å². The van der Waals surface area contributed by atoms with E-state index in [1.807, 2.05) is 0 Å². The van der Waals surface area contributed by atoms with Gasteiger partial charge in [0.05, 0.1) is 24.3 Å². The molecule has 2 aromatic heterocycles. The number of aliphatic imine (C=N–C) groups is 1. The van der Waals surface area contributed by atoms with Gasteiger partial charge in [-0.15, -0.1) is 0 Å². The van der Waals surface area contributed by atoms with Gasteiger partial charge in [0, 0.05) is 46.5 Å². The van der Waals surface area contributed by atoms with Gasteiger partial charge < -0.3 is 35.7 Å². The number of anilines is 2. The maximum Gasteiger partial charge on any atom is 0.272 e. The predicted octanol–water partition coefficient (Wildman–Crippen LogP) is -1.21. The first-order chi connectivity index (χ1) is 15.5. The summed E-state index contributed by atoms with van der Waals surface area (Å²) >= 11 is 0. The van der Waals surface area contributed by atoms with Gasteiger partial charge in [-0.05, 0) is 12.1 Å². The average molecular weight is 457 g/mol. The van der Waals surface area contributed by atoms with Gasteiger partial charge in [-0.25, -0.2) is 4.99 Å². The molecule has 4 amide bonds. The van der Waals surface area contributed by atoms with Crippen molar-refractivity contribution < 1.29 is 19.2 Å². The van der Waals surface area contributed by atoms with Crippen LogP contribution in [0.3, 0.4) is 0 Å². The van der Waals surface area contributed by atoms with Gasteiger partial charge in [-0.1, -0.05) is 0 Å². The molecule has 1 aliphatic rings. The Morgan fingerprint density at radius 2 is 1.58 bits per heavy atom. The Kier molecular flexibility index (Phi) is 6.53. The zero-order valence-electron chi connectivity index (χ0n) is 18.6. The van der Waals surface area contributed by atoms with E-state index in [1.54, 1.807) is 47.6 Å². The van der Waals surface area contributed by atoms with E-state index in [9.17, 15) is 19.2 Å². The normalized spacial score (nSPS) is 17.2. The highest BCUT2D eigenvalue weighted by Gasteiger charge is 2.38. The summed E-state index contributed by atoms with van der Waals surface area (Å²) < 4.78 is 3.10. The van der Waals surface area contributed by atoms with E-state index >= 15 is 0 Å². The third-order valence-corrected chi connectivity index (χ3v) is 5.02. The molecule has 1 unspecified atom stereocenters. The molecule has 3 rings (SSSR count). The molecule has 0 saturated carbocycles. The Balaban J connectivity index is 1.65. The van der Waals surface area contributed by atoms with E-state index in [4.69, 9.17) is 11.5 Å². The minimum absolute atomic E-state index is 0.0282. The molecule has 3 heterocycles. The lowest BCUT2D eigenvalue weighted by Crippen LogP contribution is -2.52. The van der Waals surface area contributed by atoms with E-state index < -0.39 is 29.3 Å². The van der Waals surface area contributed by atoms with E-state index in [1.165, 1.54) is 18.5 Å².